The summed E-state index contributed by atoms with van der Waals surface area (Å²) >= 11 is 0. The second-order valence-corrected chi connectivity index (χ2v) is 19.2. The van der Waals surface area contributed by atoms with E-state index >= 15 is 0 Å². The molecule has 242 valence electrons. The molecule has 5 nitrogen and oxygen atoms in total. The predicted octanol–water partition coefficient (Wildman–Crippen LogP) is 7.77. The zero-order chi connectivity index (χ0) is 30.7. The molecule has 5 fully saturated rings. The normalized spacial score (nSPS) is 49.5. The Hall–Kier alpha value is -0.860. The molecule has 4 N–H and O–H groups in total. The van der Waals surface area contributed by atoms with Gasteiger partial charge in [-0.3, -0.25) is 0 Å². The van der Waals surface area contributed by atoms with Crippen molar-refractivity contribution in [2.45, 2.75) is 120 Å². The lowest BCUT2D eigenvalue weighted by Crippen LogP contribution is -2.64. The molecule has 1 aromatic carbocycles. The van der Waals surface area contributed by atoms with Crippen LogP contribution in [0.1, 0.15) is 90.5 Å². The van der Waals surface area contributed by atoms with Gasteiger partial charge in [0.15, 0.2) is 0 Å². The van der Waals surface area contributed by atoms with Crippen molar-refractivity contribution in [3.8, 4) is 0 Å². The van der Waals surface area contributed by atoms with E-state index in [0.717, 1.165) is 24.3 Å². The van der Waals surface area contributed by atoms with E-state index in [4.69, 9.17) is 4.74 Å². The average Bonchev–Trinajstić information content (AvgIpc) is 3.60. The number of benzene rings is 1. The van der Waals surface area contributed by atoms with Crippen LogP contribution in [-0.4, -0.2) is 56.8 Å². The van der Waals surface area contributed by atoms with Crippen molar-refractivity contribution in [3.63, 3.8) is 0 Å². The third kappa shape index (κ3) is 3.74. The maximum absolute atomic E-state index is 12.8. The van der Waals surface area contributed by atoms with Crippen LogP contribution in [0.15, 0.2) is 36.1 Å². The molecule has 6 bridgehead atoms. The molecule has 5 saturated carbocycles. The van der Waals surface area contributed by atoms with E-state index in [9.17, 15) is 15.3 Å². The summed E-state index contributed by atoms with van der Waals surface area (Å²) in [6.07, 6.45) is 14.6. The number of aliphatic hydroxyl groups excluding tert-OH is 2. The van der Waals surface area contributed by atoms with Crippen molar-refractivity contribution in [2.24, 2.45) is 45.8 Å². The molecule has 2 spiro atoms. The van der Waals surface area contributed by atoms with Crippen LogP contribution in [-0.2, 0) is 11.2 Å². The molecule has 7 aliphatic rings. The van der Waals surface area contributed by atoms with Crippen molar-refractivity contribution in [2.75, 3.05) is 18.2 Å². The number of fused-ring (bicyclic) bond motifs is 6. The number of rotatable bonds is 2. The molecule has 12 unspecified atom stereocenters. The maximum atomic E-state index is 12.8. The molecule has 0 amide bonds. The number of hydrogen-bond acceptors (Lipinski definition) is 7. The molecule has 1 aliphatic heterocycles. The molecule has 0 aromatic heterocycles. The molecule has 44 heavy (non-hydrogen) atoms. The summed E-state index contributed by atoms with van der Waals surface area (Å²) in [6.45, 7) is 6.89. The van der Waals surface area contributed by atoms with Crippen LogP contribution >= 0.6 is 21.6 Å². The van der Waals surface area contributed by atoms with Gasteiger partial charge in [0.25, 0.3) is 0 Å². The van der Waals surface area contributed by atoms with Gasteiger partial charge in [0.1, 0.15) is 11.7 Å². The van der Waals surface area contributed by atoms with E-state index in [1.807, 2.05) is 23.8 Å². The SMILES string of the molecule is COC1C=C(O)C2C3CC4CCC5(CC6Cc7cccc(c7)NC(C(C)O)CSSC7(CCCCC7)C6C5)C3(C)C4(C)C12O. The standard InChI is InChI=1S/C37H53NO4S2/c1-22(39)29-21-43-44-36(12-6-5-7-13-36)28-20-35(19-24(28)15-23-9-8-10-26(16-23)38-29)14-11-25-17-27-32-30(40)18-31(42-4)37(32,41)33(25,2)34(27,35)3/h8-10,16,18,22,24-25,27-29,31-32,38-41H,5-7,11-15,17,19-21H2,1-4H3. The minimum atomic E-state index is -1.04. The van der Waals surface area contributed by atoms with Crippen molar-refractivity contribution < 1.29 is 20.1 Å². The zero-order valence-corrected chi connectivity index (χ0v) is 28.7. The Morgan fingerprint density at radius 1 is 1.05 bits per heavy atom. The van der Waals surface area contributed by atoms with Crippen molar-refractivity contribution in [3.05, 3.63) is 41.7 Å². The lowest BCUT2D eigenvalue weighted by atomic mass is 9.44. The van der Waals surface area contributed by atoms with Gasteiger partial charge >= 0.3 is 0 Å². The third-order valence-corrected chi connectivity index (χ3v) is 18.7. The van der Waals surface area contributed by atoms with Crippen LogP contribution in [0.25, 0.3) is 0 Å². The van der Waals surface area contributed by atoms with Crippen molar-refractivity contribution in [1.82, 2.24) is 0 Å². The summed E-state index contributed by atoms with van der Waals surface area (Å²) in [6, 6.07) is 9.05. The highest BCUT2D eigenvalue weighted by Gasteiger charge is 2.87. The van der Waals surface area contributed by atoms with E-state index in [1.54, 1.807) is 7.11 Å². The first-order valence-electron chi connectivity index (χ1n) is 17.5. The topological polar surface area (TPSA) is 82.0 Å². The van der Waals surface area contributed by atoms with Gasteiger partial charge in [-0.05, 0) is 117 Å². The second kappa shape index (κ2) is 10.3. The number of nitrogens with one attached hydrogen (secondary N) is 1. The van der Waals surface area contributed by atoms with E-state index in [0.29, 0.717) is 23.5 Å². The lowest BCUT2D eigenvalue weighted by Gasteiger charge is -2.62. The maximum Gasteiger partial charge on any atom is 0.111 e. The fraction of sp³-hybridized carbons (Fsp3) is 0.784. The first kappa shape index (κ1) is 30.5. The van der Waals surface area contributed by atoms with Gasteiger partial charge < -0.3 is 25.4 Å². The molecule has 8 rings (SSSR count). The van der Waals surface area contributed by atoms with Crippen LogP contribution < -0.4 is 5.32 Å². The smallest absolute Gasteiger partial charge is 0.111 e. The van der Waals surface area contributed by atoms with Crippen LogP contribution in [0.2, 0.25) is 0 Å². The minimum Gasteiger partial charge on any atom is -0.512 e. The number of hydrogen-bond donors (Lipinski definition) is 4. The Balaban J connectivity index is 1.23. The van der Waals surface area contributed by atoms with Gasteiger partial charge in [0.2, 0.25) is 0 Å². The Kier molecular flexibility index (Phi) is 7.15. The first-order chi connectivity index (χ1) is 21.0. The highest BCUT2D eigenvalue weighted by Crippen LogP contribution is 2.87. The van der Waals surface area contributed by atoms with Crippen molar-refractivity contribution in [1.29, 1.82) is 0 Å². The first-order valence-corrected chi connectivity index (χ1v) is 19.8. The van der Waals surface area contributed by atoms with Crippen LogP contribution in [0.4, 0.5) is 5.69 Å². The fourth-order valence-corrected chi connectivity index (χ4v) is 17.2. The zero-order valence-electron chi connectivity index (χ0n) is 27.1. The van der Waals surface area contributed by atoms with Gasteiger partial charge in [-0.1, -0.05) is 66.8 Å². The largest absolute Gasteiger partial charge is 0.512 e. The molecular formula is C37H53NO4S2. The number of aliphatic hydroxyl groups is 3. The van der Waals surface area contributed by atoms with E-state index in [1.165, 1.54) is 63.4 Å². The number of methoxy groups -OCH3 is 1. The second-order valence-electron chi connectivity index (χ2n) is 16.5. The summed E-state index contributed by atoms with van der Waals surface area (Å²) in [5.41, 5.74) is 1.27. The lowest BCUT2D eigenvalue weighted by molar-refractivity contribution is -0.218. The van der Waals surface area contributed by atoms with E-state index in [2.05, 4.69) is 54.2 Å². The Bertz CT molecular complexity index is 1330. The van der Waals surface area contributed by atoms with Crippen LogP contribution in [0.3, 0.4) is 0 Å². The summed E-state index contributed by atoms with van der Waals surface area (Å²) in [7, 11) is 5.88. The average molecular weight is 640 g/mol. The van der Waals surface area contributed by atoms with Gasteiger partial charge in [-0.2, -0.15) is 0 Å². The highest BCUT2D eigenvalue weighted by molar-refractivity contribution is 8.77. The molecule has 7 heteroatoms. The van der Waals surface area contributed by atoms with Crippen LogP contribution in [0, 0.1) is 45.8 Å². The molecule has 6 aliphatic carbocycles. The van der Waals surface area contributed by atoms with Gasteiger partial charge in [-0.25, -0.2) is 0 Å². The predicted molar refractivity (Wildman–Crippen MR) is 181 cm³/mol. The number of anilines is 1. The summed E-state index contributed by atoms with van der Waals surface area (Å²) in [5, 5.41) is 38.6. The minimum absolute atomic E-state index is 0.0198. The molecule has 1 heterocycles. The molecule has 1 aromatic rings. The fourth-order valence-electron chi connectivity index (χ4n) is 13.3. The van der Waals surface area contributed by atoms with Gasteiger partial charge in [0, 0.05) is 28.7 Å². The highest BCUT2D eigenvalue weighted by atomic mass is 33.1. The summed E-state index contributed by atoms with van der Waals surface area (Å²) < 4.78 is 6.22. The molecular weight excluding hydrogens is 587 g/mol. The molecule has 0 saturated heterocycles. The quantitative estimate of drug-likeness (QED) is 0.246. The van der Waals surface area contributed by atoms with Crippen molar-refractivity contribution >= 4 is 27.3 Å². The Labute approximate surface area is 272 Å². The summed E-state index contributed by atoms with van der Waals surface area (Å²) in [4.78, 5) is 0. The number of ether oxygens (including phenoxy) is 1. The van der Waals surface area contributed by atoms with E-state index in [-0.39, 0.29) is 38.9 Å². The van der Waals surface area contributed by atoms with E-state index < -0.39 is 17.8 Å². The Morgan fingerprint density at radius 3 is 2.59 bits per heavy atom. The molecule has 12 atom stereocenters. The molecule has 0 radical (unpaired) electrons. The monoisotopic (exact) mass is 639 g/mol. The van der Waals surface area contributed by atoms with Crippen LogP contribution in [0.5, 0.6) is 0 Å². The summed E-state index contributed by atoms with van der Waals surface area (Å²) in [5.74, 6) is 3.02. The van der Waals surface area contributed by atoms with Gasteiger partial charge in [-0.15, -0.1) is 0 Å². The third-order valence-electron chi connectivity index (χ3n) is 15.3. The Morgan fingerprint density at radius 2 is 1.84 bits per heavy atom. The van der Waals surface area contributed by atoms with Gasteiger partial charge in [0.05, 0.1) is 23.8 Å².